The van der Waals surface area contributed by atoms with Gasteiger partial charge in [0.25, 0.3) is 0 Å². The summed E-state index contributed by atoms with van der Waals surface area (Å²) in [4.78, 5) is 0. The Labute approximate surface area is 76.6 Å². The Hall–Kier alpha value is -0.440. The lowest BCUT2D eigenvalue weighted by Gasteiger charge is -2.13. The van der Waals surface area contributed by atoms with E-state index in [0.29, 0.717) is 5.33 Å². The van der Waals surface area contributed by atoms with Crippen LogP contribution < -0.4 is 0 Å². The maximum atomic E-state index is 5.06. The average molecular weight is 215 g/mol. The van der Waals surface area contributed by atoms with Gasteiger partial charge in [0, 0.05) is 7.11 Å². The lowest BCUT2D eigenvalue weighted by molar-refractivity contribution is 0.0742. The molecule has 0 fully saturated rings. The molecule has 60 valence electrons. The molecule has 0 aliphatic carbocycles. The fraction of sp³-hybridized carbons (Fsp3) is 0.556. The fourth-order valence-corrected chi connectivity index (χ4v) is 0.451. The van der Waals surface area contributed by atoms with Gasteiger partial charge in [-0.15, -0.1) is 0 Å². The van der Waals surface area contributed by atoms with E-state index in [4.69, 9.17) is 4.74 Å². The molecule has 2 heteroatoms. The van der Waals surface area contributed by atoms with Gasteiger partial charge in [0.15, 0.2) is 0 Å². The third-order valence-electron chi connectivity index (χ3n) is 1.09. The highest BCUT2D eigenvalue weighted by atomic mass is 79.9. The van der Waals surface area contributed by atoms with Crippen molar-refractivity contribution in [2.24, 2.45) is 0 Å². The minimum Gasteiger partial charge on any atom is -0.366 e. The number of methoxy groups -OCH3 is 1. The van der Waals surface area contributed by atoms with Gasteiger partial charge in [-0.05, 0) is 25.7 Å². The highest BCUT2D eigenvalue weighted by Crippen LogP contribution is 2.03. The van der Waals surface area contributed by atoms with Gasteiger partial charge in [0.2, 0.25) is 0 Å². The van der Waals surface area contributed by atoms with Crippen molar-refractivity contribution >= 4 is 15.9 Å². The molecule has 0 unspecified atom stereocenters. The second kappa shape index (κ2) is 5.24. The van der Waals surface area contributed by atoms with Crippen molar-refractivity contribution in [1.82, 2.24) is 0 Å². The molecule has 0 amide bonds. The summed E-state index contributed by atoms with van der Waals surface area (Å²) < 4.78 is 5.06. The lowest BCUT2D eigenvalue weighted by Crippen LogP contribution is -2.18. The van der Waals surface area contributed by atoms with Crippen molar-refractivity contribution in [2.75, 3.05) is 12.4 Å². The number of ether oxygens (including phenoxy) is 1. The first-order chi connectivity index (χ1) is 5.12. The van der Waals surface area contributed by atoms with Crippen LogP contribution in [0.25, 0.3) is 0 Å². The Bertz CT molecular complexity index is 221. The summed E-state index contributed by atoms with van der Waals surface area (Å²) in [7, 11) is 1.63. The topological polar surface area (TPSA) is 9.23 Å². The molecule has 0 bridgehead atoms. The van der Waals surface area contributed by atoms with Gasteiger partial charge in [-0.2, -0.15) is 0 Å². The molecule has 1 nitrogen and oxygen atoms in total. The second-order valence-electron chi connectivity index (χ2n) is 2.40. The molecule has 0 N–H and O–H groups in total. The smallest absolute Gasteiger partial charge is 0.123 e. The number of halogens is 1. The van der Waals surface area contributed by atoms with Crippen LogP contribution in [0.15, 0.2) is 0 Å². The molecule has 0 aromatic heterocycles. The summed E-state index contributed by atoms with van der Waals surface area (Å²) in [5.74, 6) is 11.1. The first-order valence-corrected chi connectivity index (χ1v) is 4.35. The summed E-state index contributed by atoms with van der Waals surface area (Å²) in [5.41, 5.74) is -0.388. The monoisotopic (exact) mass is 214 g/mol. The molecule has 0 saturated carbocycles. The van der Waals surface area contributed by atoms with Crippen LogP contribution in [0.4, 0.5) is 0 Å². The maximum absolute atomic E-state index is 5.06. The molecule has 11 heavy (non-hydrogen) atoms. The minimum atomic E-state index is -0.388. The molecule has 0 aliphatic heterocycles. The van der Waals surface area contributed by atoms with Crippen LogP contribution in [0.5, 0.6) is 0 Å². The lowest BCUT2D eigenvalue weighted by atomic mass is 10.1. The van der Waals surface area contributed by atoms with Crippen molar-refractivity contribution in [2.45, 2.75) is 19.4 Å². The van der Waals surface area contributed by atoms with Gasteiger partial charge in [-0.25, -0.2) is 0 Å². The first-order valence-electron chi connectivity index (χ1n) is 3.23. The Kier molecular flexibility index (Phi) is 5.03. The molecule has 0 heterocycles. The summed E-state index contributed by atoms with van der Waals surface area (Å²) in [5, 5.41) is 0.662. The van der Waals surface area contributed by atoms with Gasteiger partial charge in [-0.1, -0.05) is 27.8 Å². The molecule has 0 aromatic carbocycles. The van der Waals surface area contributed by atoms with Gasteiger partial charge < -0.3 is 4.74 Å². The zero-order valence-electron chi connectivity index (χ0n) is 6.99. The zero-order chi connectivity index (χ0) is 8.74. The summed E-state index contributed by atoms with van der Waals surface area (Å²) in [6, 6.07) is 0. The van der Waals surface area contributed by atoms with E-state index in [1.54, 1.807) is 7.11 Å². The highest BCUT2D eigenvalue weighted by Gasteiger charge is 2.10. The Balaban J connectivity index is 4.06. The van der Waals surface area contributed by atoms with Gasteiger partial charge in [0.05, 0.1) is 5.33 Å². The third-order valence-corrected chi connectivity index (χ3v) is 1.37. The van der Waals surface area contributed by atoms with E-state index >= 15 is 0 Å². The van der Waals surface area contributed by atoms with Crippen LogP contribution >= 0.6 is 15.9 Å². The SMILES string of the molecule is COC(C)(C)C#CC#CCBr. The van der Waals surface area contributed by atoms with Crippen molar-refractivity contribution in [3.8, 4) is 23.7 Å². The van der Waals surface area contributed by atoms with Crippen LogP contribution in [0.1, 0.15) is 13.8 Å². The molecular weight excluding hydrogens is 204 g/mol. The van der Waals surface area contributed by atoms with Crippen LogP contribution in [0, 0.1) is 23.7 Å². The van der Waals surface area contributed by atoms with Crippen molar-refractivity contribution < 1.29 is 4.74 Å². The maximum Gasteiger partial charge on any atom is 0.123 e. The number of hydrogen-bond donors (Lipinski definition) is 0. The van der Waals surface area contributed by atoms with E-state index in [0.717, 1.165) is 0 Å². The van der Waals surface area contributed by atoms with E-state index in [-0.39, 0.29) is 5.60 Å². The van der Waals surface area contributed by atoms with Crippen molar-refractivity contribution in [1.29, 1.82) is 0 Å². The summed E-state index contributed by atoms with van der Waals surface area (Å²) >= 11 is 3.17. The molecule has 0 rings (SSSR count). The highest BCUT2D eigenvalue weighted by molar-refractivity contribution is 9.09. The molecule has 0 atom stereocenters. The predicted octanol–water partition coefficient (Wildman–Crippen LogP) is 1.81. The minimum absolute atomic E-state index is 0.388. The standard InChI is InChI=1S/C9H11BrO/c1-9(2,11-3)7-5-4-6-8-10/h8H2,1-3H3. The van der Waals surface area contributed by atoms with Crippen LogP contribution in [-0.2, 0) is 4.74 Å². The largest absolute Gasteiger partial charge is 0.366 e. The van der Waals surface area contributed by atoms with Crippen molar-refractivity contribution in [3.05, 3.63) is 0 Å². The van der Waals surface area contributed by atoms with Gasteiger partial charge >= 0.3 is 0 Å². The summed E-state index contributed by atoms with van der Waals surface area (Å²) in [6.45, 7) is 3.80. The average Bonchev–Trinajstić information content (AvgIpc) is 1.99. The fourth-order valence-electron chi connectivity index (χ4n) is 0.310. The zero-order valence-corrected chi connectivity index (χ0v) is 8.58. The van der Waals surface area contributed by atoms with Gasteiger partial charge in [0.1, 0.15) is 5.60 Å². The quantitative estimate of drug-likeness (QED) is 0.478. The van der Waals surface area contributed by atoms with E-state index in [2.05, 4.69) is 39.6 Å². The first kappa shape index (κ1) is 10.6. The van der Waals surface area contributed by atoms with Crippen molar-refractivity contribution in [3.63, 3.8) is 0 Å². The molecule has 0 aromatic rings. The number of hydrogen-bond acceptors (Lipinski definition) is 1. The second-order valence-corrected chi connectivity index (χ2v) is 2.96. The van der Waals surface area contributed by atoms with E-state index < -0.39 is 0 Å². The third kappa shape index (κ3) is 5.98. The van der Waals surface area contributed by atoms with Crippen LogP contribution in [0.2, 0.25) is 0 Å². The van der Waals surface area contributed by atoms with Gasteiger partial charge in [-0.3, -0.25) is 0 Å². The number of rotatable bonds is 1. The molecule has 0 radical (unpaired) electrons. The van der Waals surface area contributed by atoms with E-state index in [1.807, 2.05) is 13.8 Å². The Morgan fingerprint density at radius 1 is 1.36 bits per heavy atom. The van der Waals surface area contributed by atoms with Crippen LogP contribution in [-0.4, -0.2) is 18.0 Å². The van der Waals surface area contributed by atoms with E-state index in [9.17, 15) is 0 Å². The number of alkyl halides is 1. The molecular formula is C9H11BrO. The molecule has 0 aliphatic rings. The Morgan fingerprint density at radius 2 is 2.00 bits per heavy atom. The Morgan fingerprint density at radius 3 is 2.45 bits per heavy atom. The summed E-state index contributed by atoms with van der Waals surface area (Å²) in [6.07, 6.45) is 0. The molecule has 0 saturated heterocycles. The normalized spacial score (nSPS) is 9.09. The van der Waals surface area contributed by atoms with Crippen LogP contribution in [0.3, 0.4) is 0 Å². The molecule has 0 spiro atoms. The predicted molar refractivity (Wildman–Crippen MR) is 50.4 cm³/mol. The van der Waals surface area contributed by atoms with E-state index in [1.165, 1.54) is 0 Å².